The fraction of sp³-hybridized carbons (Fsp3) is 0.875. The van der Waals surface area contributed by atoms with Crippen molar-refractivity contribution in [3.05, 3.63) is 12.7 Å². The fourth-order valence-electron chi connectivity index (χ4n) is 1.46. The average molecular weight is 257 g/mol. The first-order chi connectivity index (χ1) is 8.72. The summed E-state index contributed by atoms with van der Waals surface area (Å²) in [5.41, 5.74) is 0. The Balaban J connectivity index is 0. The standard InChI is InChI=1S/C9H18.C7H17NO/c1-3-5-7-9-8-6-4-2;1-3-7(2)6-8-4-5-9/h3H,1,4-9H2,2H3;7-9H,3-6H2,1-2H3. The molecule has 0 aliphatic heterocycles. The zero-order valence-electron chi connectivity index (χ0n) is 12.9. The molecule has 1 unspecified atom stereocenters. The van der Waals surface area contributed by atoms with E-state index in [1.807, 2.05) is 6.08 Å². The van der Waals surface area contributed by atoms with Gasteiger partial charge in [0, 0.05) is 6.54 Å². The highest BCUT2D eigenvalue weighted by atomic mass is 16.3. The van der Waals surface area contributed by atoms with E-state index in [4.69, 9.17) is 5.11 Å². The van der Waals surface area contributed by atoms with Crippen LogP contribution >= 0.6 is 0 Å². The highest BCUT2D eigenvalue weighted by Gasteiger charge is 1.94. The first-order valence-electron chi connectivity index (χ1n) is 7.65. The number of aliphatic hydroxyl groups is 1. The largest absolute Gasteiger partial charge is 0.395 e. The molecule has 2 N–H and O–H groups in total. The van der Waals surface area contributed by atoms with Crippen LogP contribution in [-0.2, 0) is 0 Å². The smallest absolute Gasteiger partial charge is 0.0555 e. The summed E-state index contributed by atoms with van der Waals surface area (Å²) in [6.45, 7) is 12.3. The maximum absolute atomic E-state index is 8.39. The van der Waals surface area contributed by atoms with E-state index in [1.54, 1.807) is 0 Å². The second-order valence-electron chi connectivity index (χ2n) is 4.93. The summed E-state index contributed by atoms with van der Waals surface area (Å²) in [5, 5.41) is 11.5. The van der Waals surface area contributed by atoms with Crippen molar-refractivity contribution < 1.29 is 5.11 Å². The van der Waals surface area contributed by atoms with Crippen LogP contribution < -0.4 is 5.32 Å². The van der Waals surface area contributed by atoms with Gasteiger partial charge in [-0.25, -0.2) is 0 Å². The third kappa shape index (κ3) is 21.0. The van der Waals surface area contributed by atoms with Crippen molar-refractivity contribution in [1.29, 1.82) is 0 Å². The zero-order chi connectivity index (χ0) is 14.1. The Morgan fingerprint density at radius 3 is 2.33 bits per heavy atom. The molecule has 110 valence electrons. The van der Waals surface area contributed by atoms with E-state index in [9.17, 15) is 0 Å². The SMILES string of the molecule is C=CCCCCCCC.CCC(C)CNCCO. The van der Waals surface area contributed by atoms with Gasteiger partial charge in [-0.3, -0.25) is 0 Å². The quantitative estimate of drug-likeness (QED) is 0.430. The molecule has 0 bridgehead atoms. The molecule has 18 heavy (non-hydrogen) atoms. The molecule has 2 heteroatoms. The summed E-state index contributed by atoms with van der Waals surface area (Å²) in [6.07, 6.45) is 11.3. The molecule has 0 saturated heterocycles. The van der Waals surface area contributed by atoms with Gasteiger partial charge in [0.05, 0.1) is 6.61 Å². The molecule has 0 aromatic heterocycles. The van der Waals surface area contributed by atoms with E-state index in [0.29, 0.717) is 0 Å². The molecule has 0 aliphatic carbocycles. The molecule has 2 nitrogen and oxygen atoms in total. The minimum Gasteiger partial charge on any atom is -0.395 e. The van der Waals surface area contributed by atoms with Crippen molar-refractivity contribution >= 4 is 0 Å². The Morgan fingerprint density at radius 2 is 1.83 bits per heavy atom. The monoisotopic (exact) mass is 257 g/mol. The number of hydrogen-bond acceptors (Lipinski definition) is 2. The van der Waals surface area contributed by atoms with Crippen LogP contribution in [0.15, 0.2) is 12.7 Å². The maximum atomic E-state index is 8.39. The van der Waals surface area contributed by atoms with Gasteiger partial charge in [0.2, 0.25) is 0 Å². The van der Waals surface area contributed by atoms with Gasteiger partial charge in [-0.15, -0.1) is 6.58 Å². The van der Waals surface area contributed by atoms with Crippen molar-refractivity contribution in [3.63, 3.8) is 0 Å². The molecule has 0 fully saturated rings. The third-order valence-corrected chi connectivity index (χ3v) is 2.99. The Labute approximate surface area is 115 Å². The van der Waals surface area contributed by atoms with Crippen LogP contribution in [0.25, 0.3) is 0 Å². The zero-order valence-corrected chi connectivity index (χ0v) is 12.9. The first kappa shape index (κ1) is 20.0. The van der Waals surface area contributed by atoms with Crippen molar-refractivity contribution in [1.82, 2.24) is 5.32 Å². The second kappa shape index (κ2) is 19.0. The minimum atomic E-state index is 0.246. The third-order valence-electron chi connectivity index (χ3n) is 2.99. The van der Waals surface area contributed by atoms with Crippen molar-refractivity contribution in [2.75, 3.05) is 19.7 Å². The number of hydrogen-bond donors (Lipinski definition) is 2. The lowest BCUT2D eigenvalue weighted by atomic mass is 10.1. The highest BCUT2D eigenvalue weighted by molar-refractivity contribution is 4.65. The van der Waals surface area contributed by atoms with E-state index in [-0.39, 0.29) is 6.61 Å². The number of allylic oxidation sites excluding steroid dienone is 1. The minimum absolute atomic E-state index is 0.246. The van der Waals surface area contributed by atoms with Gasteiger partial charge in [-0.2, -0.15) is 0 Å². The normalized spacial score (nSPS) is 11.6. The van der Waals surface area contributed by atoms with Crippen LogP contribution in [0, 0.1) is 5.92 Å². The van der Waals surface area contributed by atoms with Crippen molar-refractivity contribution in [3.8, 4) is 0 Å². The highest BCUT2D eigenvalue weighted by Crippen LogP contribution is 2.04. The van der Waals surface area contributed by atoms with E-state index < -0.39 is 0 Å². The molecule has 0 aromatic carbocycles. The molecular weight excluding hydrogens is 222 g/mol. The number of unbranched alkanes of at least 4 members (excludes halogenated alkanes) is 5. The molecule has 0 aromatic rings. The lowest BCUT2D eigenvalue weighted by Gasteiger charge is -2.07. The number of nitrogens with one attached hydrogen (secondary N) is 1. The molecule has 0 rings (SSSR count). The Bertz CT molecular complexity index is 148. The Hall–Kier alpha value is -0.340. The molecule has 0 heterocycles. The predicted molar refractivity (Wildman–Crippen MR) is 83.0 cm³/mol. The maximum Gasteiger partial charge on any atom is 0.0555 e. The van der Waals surface area contributed by atoms with Crippen LogP contribution in [0.3, 0.4) is 0 Å². The Kier molecular flexibility index (Phi) is 21.1. The van der Waals surface area contributed by atoms with Crippen LogP contribution in [0.4, 0.5) is 0 Å². The summed E-state index contributed by atoms with van der Waals surface area (Å²) in [7, 11) is 0. The lowest BCUT2D eigenvalue weighted by Crippen LogP contribution is -2.23. The average Bonchev–Trinajstić information content (AvgIpc) is 2.39. The number of rotatable bonds is 11. The van der Waals surface area contributed by atoms with Crippen LogP contribution in [-0.4, -0.2) is 24.8 Å². The molecule has 0 aliphatic rings. The topological polar surface area (TPSA) is 32.3 Å². The van der Waals surface area contributed by atoms with Gasteiger partial charge in [0.1, 0.15) is 0 Å². The molecular formula is C16H35NO. The van der Waals surface area contributed by atoms with Gasteiger partial charge >= 0.3 is 0 Å². The van der Waals surface area contributed by atoms with Crippen LogP contribution in [0.2, 0.25) is 0 Å². The number of aliphatic hydroxyl groups excluding tert-OH is 1. The summed E-state index contributed by atoms with van der Waals surface area (Å²) < 4.78 is 0. The summed E-state index contributed by atoms with van der Waals surface area (Å²) in [4.78, 5) is 0. The van der Waals surface area contributed by atoms with Crippen LogP contribution in [0.1, 0.15) is 65.7 Å². The summed E-state index contributed by atoms with van der Waals surface area (Å²) >= 11 is 0. The van der Waals surface area contributed by atoms with Gasteiger partial charge in [-0.1, -0.05) is 59.0 Å². The van der Waals surface area contributed by atoms with Gasteiger partial charge in [0.15, 0.2) is 0 Å². The van der Waals surface area contributed by atoms with Gasteiger partial charge in [0.25, 0.3) is 0 Å². The van der Waals surface area contributed by atoms with E-state index in [2.05, 4.69) is 32.7 Å². The molecule has 0 spiro atoms. The summed E-state index contributed by atoms with van der Waals surface area (Å²) in [5.74, 6) is 0.733. The molecule has 1 atom stereocenters. The molecule has 0 amide bonds. The van der Waals surface area contributed by atoms with E-state index in [0.717, 1.165) is 19.0 Å². The molecule has 0 saturated carbocycles. The van der Waals surface area contributed by atoms with Crippen molar-refractivity contribution in [2.24, 2.45) is 5.92 Å². The van der Waals surface area contributed by atoms with Gasteiger partial charge in [-0.05, 0) is 25.3 Å². The van der Waals surface area contributed by atoms with Gasteiger partial charge < -0.3 is 10.4 Å². The van der Waals surface area contributed by atoms with Crippen LogP contribution in [0.5, 0.6) is 0 Å². The van der Waals surface area contributed by atoms with Crippen molar-refractivity contribution in [2.45, 2.75) is 65.7 Å². The Morgan fingerprint density at radius 1 is 1.17 bits per heavy atom. The second-order valence-corrected chi connectivity index (χ2v) is 4.93. The van der Waals surface area contributed by atoms with E-state index >= 15 is 0 Å². The lowest BCUT2D eigenvalue weighted by molar-refractivity contribution is 0.288. The van der Waals surface area contributed by atoms with E-state index in [1.165, 1.54) is 44.9 Å². The predicted octanol–water partition coefficient (Wildman–Crippen LogP) is 4.15. The fourth-order valence-corrected chi connectivity index (χ4v) is 1.46. The summed E-state index contributed by atoms with van der Waals surface area (Å²) in [6, 6.07) is 0. The molecule has 0 radical (unpaired) electrons. The first-order valence-corrected chi connectivity index (χ1v) is 7.65.